The first-order valence-electron chi connectivity index (χ1n) is 10.0. The van der Waals surface area contributed by atoms with Gasteiger partial charge >= 0.3 is 0 Å². The second-order valence-electron chi connectivity index (χ2n) is 7.52. The number of ketones is 1. The van der Waals surface area contributed by atoms with E-state index in [0.29, 0.717) is 18.2 Å². The standard InChI is InChI=1S/C21H27N3O2S/c1-26-17-13-11-15(12-14-17)20-22-23-21(24(20)16-7-3-2-4-8-16)27-19-10-6-5-9-18(19)25/h11-14,16,19H,2-10H2,1H3/t19-/m0/s1. The van der Waals surface area contributed by atoms with E-state index in [0.717, 1.165) is 54.4 Å². The number of nitrogens with zero attached hydrogens (tertiary/aromatic N) is 3. The molecule has 1 heterocycles. The van der Waals surface area contributed by atoms with E-state index in [-0.39, 0.29) is 5.25 Å². The maximum Gasteiger partial charge on any atom is 0.192 e. The van der Waals surface area contributed by atoms with E-state index >= 15 is 0 Å². The highest BCUT2D eigenvalue weighted by atomic mass is 32.2. The normalized spacial score (nSPS) is 21.4. The van der Waals surface area contributed by atoms with E-state index in [4.69, 9.17) is 4.74 Å². The molecule has 6 heteroatoms. The number of hydrogen-bond acceptors (Lipinski definition) is 5. The van der Waals surface area contributed by atoms with Crippen LogP contribution in [0.5, 0.6) is 5.75 Å². The molecule has 1 atom stereocenters. The third kappa shape index (κ3) is 4.05. The zero-order valence-corrected chi connectivity index (χ0v) is 16.7. The first-order chi connectivity index (χ1) is 13.3. The number of carbonyl (C=O) groups excluding carboxylic acids is 1. The van der Waals surface area contributed by atoms with Gasteiger partial charge in [-0.2, -0.15) is 0 Å². The zero-order chi connectivity index (χ0) is 18.6. The summed E-state index contributed by atoms with van der Waals surface area (Å²) in [4.78, 5) is 12.3. The number of hydrogen-bond donors (Lipinski definition) is 0. The van der Waals surface area contributed by atoms with Crippen LogP contribution in [-0.2, 0) is 4.79 Å². The Balaban J connectivity index is 1.67. The Kier molecular flexibility index (Phi) is 5.81. The van der Waals surface area contributed by atoms with Gasteiger partial charge in [0, 0.05) is 18.0 Å². The second kappa shape index (κ2) is 8.46. The monoisotopic (exact) mass is 385 g/mol. The SMILES string of the molecule is COc1ccc(-c2nnc(S[C@H]3CCCCC3=O)n2C2CCCCC2)cc1. The first-order valence-corrected chi connectivity index (χ1v) is 10.9. The lowest BCUT2D eigenvalue weighted by Crippen LogP contribution is -2.23. The van der Waals surface area contributed by atoms with Gasteiger partial charge in [0.15, 0.2) is 11.0 Å². The van der Waals surface area contributed by atoms with Crippen molar-refractivity contribution < 1.29 is 9.53 Å². The number of aromatic nitrogens is 3. The number of rotatable bonds is 5. The van der Waals surface area contributed by atoms with Gasteiger partial charge in [-0.1, -0.05) is 37.4 Å². The molecule has 1 aromatic heterocycles. The topological polar surface area (TPSA) is 57.0 Å². The minimum atomic E-state index is 0.0361. The summed E-state index contributed by atoms with van der Waals surface area (Å²) in [5.74, 6) is 2.12. The number of Topliss-reactive ketones (excluding diaryl/α,β-unsaturated/α-hetero) is 1. The van der Waals surface area contributed by atoms with Crippen molar-refractivity contribution in [2.24, 2.45) is 0 Å². The quantitative estimate of drug-likeness (QED) is 0.720. The number of carbonyl (C=O) groups is 1. The third-order valence-electron chi connectivity index (χ3n) is 5.70. The van der Waals surface area contributed by atoms with Crippen molar-refractivity contribution in [3.8, 4) is 17.1 Å². The molecule has 2 aliphatic carbocycles. The summed E-state index contributed by atoms with van der Waals surface area (Å²) in [5, 5.41) is 10.0. The minimum Gasteiger partial charge on any atom is -0.497 e. The molecule has 0 spiro atoms. The van der Waals surface area contributed by atoms with Gasteiger partial charge in [-0.15, -0.1) is 10.2 Å². The minimum absolute atomic E-state index is 0.0361. The Morgan fingerprint density at radius 3 is 2.44 bits per heavy atom. The Morgan fingerprint density at radius 2 is 1.74 bits per heavy atom. The number of benzene rings is 1. The van der Waals surface area contributed by atoms with Gasteiger partial charge in [-0.3, -0.25) is 9.36 Å². The molecule has 27 heavy (non-hydrogen) atoms. The van der Waals surface area contributed by atoms with Crippen LogP contribution in [0.1, 0.15) is 63.8 Å². The average Bonchev–Trinajstić information content (AvgIpc) is 3.14. The molecule has 0 N–H and O–H groups in total. The van der Waals surface area contributed by atoms with Crippen molar-refractivity contribution in [1.82, 2.24) is 14.8 Å². The number of thioether (sulfide) groups is 1. The summed E-state index contributed by atoms with van der Waals surface area (Å²) in [5.41, 5.74) is 1.05. The van der Waals surface area contributed by atoms with Crippen LogP contribution in [-0.4, -0.2) is 32.9 Å². The average molecular weight is 386 g/mol. The van der Waals surface area contributed by atoms with Crippen LogP contribution in [0.4, 0.5) is 0 Å². The Hall–Kier alpha value is -1.82. The molecule has 144 valence electrons. The second-order valence-corrected chi connectivity index (χ2v) is 8.68. The molecule has 0 bridgehead atoms. The molecule has 0 unspecified atom stereocenters. The summed E-state index contributed by atoms with van der Waals surface area (Å²) >= 11 is 1.63. The van der Waals surface area contributed by atoms with Gasteiger partial charge in [0.05, 0.1) is 12.4 Å². The van der Waals surface area contributed by atoms with Gasteiger partial charge in [0.25, 0.3) is 0 Å². The summed E-state index contributed by atoms with van der Waals surface area (Å²) in [6.45, 7) is 0. The van der Waals surface area contributed by atoms with Gasteiger partial charge in [-0.25, -0.2) is 0 Å². The van der Waals surface area contributed by atoms with Gasteiger partial charge in [0.1, 0.15) is 11.5 Å². The Labute approximate surface area is 164 Å². The van der Waals surface area contributed by atoms with Gasteiger partial charge in [-0.05, 0) is 49.9 Å². The van der Waals surface area contributed by atoms with E-state index < -0.39 is 0 Å². The molecule has 5 nitrogen and oxygen atoms in total. The molecule has 0 aliphatic heterocycles. The fourth-order valence-corrected chi connectivity index (χ4v) is 5.39. The highest BCUT2D eigenvalue weighted by Crippen LogP contribution is 2.38. The van der Waals surface area contributed by atoms with E-state index in [9.17, 15) is 4.79 Å². The molecular formula is C21H27N3O2S. The molecule has 0 amide bonds. The highest BCUT2D eigenvalue weighted by Gasteiger charge is 2.29. The third-order valence-corrected chi connectivity index (χ3v) is 6.97. The Morgan fingerprint density at radius 1 is 1.00 bits per heavy atom. The smallest absolute Gasteiger partial charge is 0.192 e. The predicted molar refractivity (Wildman–Crippen MR) is 107 cm³/mol. The Bertz CT molecular complexity index is 781. The molecule has 1 aromatic carbocycles. The van der Waals surface area contributed by atoms with Crippen LogP contribution < -0.4 is 4.74 Å². The fraction of sp³-hybridized carbons (Fsp3) is 0.571. The lowest BCUT2D eigenvalue weighted by atomic mass is 9.95. The fourth-order valence-electron chi connectivity index (χ4n) is 4.17. The lowest BCUT2D eigenvalue weighted by Gasteiger charge is -2.27. The van der Waals surface area contributed by atoms with Crippen molar-refractivity contribution in [3.63, 3.8) is 0 Å². The van der Waals surface area contributed by atoms with Gasteiger partial charge in [0.2, 0.25) is 0 Å². The summed E-state index contributed by atoms with van der Waals surface area (Å²) < 4.78 is 7.60. The predicted octanol–water partition coefficient (Wildman–Crippen LogP) is 5.06. The molecule has 2 saturated carbocycles. The van der Waals surface area contributed by atoms with Crippen LogP contribution in [0.15, 0.2) is 29.4 Å². The maximum atomic E-state index is 12.3. The summed E-state index contributed by atoms with van der Waals surface area (Å²) in [6, 6.07) is 8.44. The summed E-state index contributed by atoms with van der Waals surface area (Å²) in [6.07, 6.45) is 9.95. The molecule has 2 aliphatic rings. The van der Waals surface area contributed by atoms with Crippen molar-refractivity contribution in [2.75, 3.05) is 7.11 Å². The lowest BCUT2D eigenvalue weighted by molar-refractivity contribution is -0.119. The van der Waals surface area contributed by atoms with Crippen LogP contribution >= 0.6 is 11.8 Å². The van der Waals surface area contributed by atoms with E-state index in [1.807, 2.05) is 24.3 Å². The number of ether oxygens (including phenoxy) is 1. The number of methoxy groups -OCH3 is 1. The maximum absolute atomic E-state index is 12.3. The zero-order valence-electron chi connectivity index (χ0n) is 15.9. The largest absolute Gasteiger partial charge is 0.497 e. The van der Waals surface area contributed by atoms with Gasteiger partial charge < -0.3 is 4.74 Å². The van der Waals surface area contributed by atoms with E-state index in [1.165, 1.54) is 19.3 Å². The van der Waals surface area contributed by atoms with Crippen molar-refractivity contribution in [2.45, 2.75) is 74.2 Å². The highest BCUT2D eigenvalue weighted by molar-refractivity contribution is 8.00. The van der Waals surface area contributed by atoms with E-state index in [1.54, 1.807) is 18.9 Å². The molecular weight excluding hydrogens is 358 g/mol. The van der Waals surface area contributed by atoms with Crippen LogP contribution in [0.3, 0.4) is 0 Å². The summed E-state index contributed by atoms with van der Waals surface area (Å²) in [7, 11) is 1.68. The van der Waals surface area contributed by atoms with Crippen LogP contribution in [0, 0.1) is 0 Å². The van der Waals surface area contributed by atoms with Crippen molar-refractivity contribution >= 4 is 17.5 Å². The van der Waals surface area contributed by atoms with E-state index in [2.05, 4.69) is 14.8 Å². The van der Waals surface area contributed by atoms with Crippen LogP contribution in [0.2, 0.25) is 0 Å². The van der Waals surface area contributed by atoms with Crippen LogP contribution in [0.25, 0.3) is 11.4 Å². The van der Waals surface area contributed by atoms with Crippen molar-refractivity contribution in [1.29, 1.82) is 0 Å². The molecule has 2 aromatic rings. The first kappa shape index (κ1) is 18.5. The molecule has 0 radical (unpaired) electrons. The van der Waals surface area contributed by atoms with Crippen molar-refractivity contribution in [3.05, 3.63) is 24.3 Å². The molecule has 0 saturated heterocycles. The molecule has 4 rings (SSSR count). The molecule has 2 fully saturated rings.